The number of aromatic amines is 2. The number of carbonyl (C=O) groups excluding carboxylic acids is 4. The highest BCUT2D eigenvalue weighted by Gasteiger charge is 2.53. The van der Waals surface area contributed by atoms with Crippen molar-refractivity contribution in [2.45, 2.75) is 76.9 Å². The normalized spacial score (nSPS) is 24.8. The molecule has 6 rings (SSSR count). The predicted octanol–water partition coefficient (Wildman–Crippen LogP) is 4.13. The summed E-state index contributed by atoms with van der Waals surface area (Å²) in [4.78, 5) is 66.9. The Kier molecular flexibility index (Phi) is 7.05. The summed E-state index contributed by atoms with van der Waals surface area (Å²) in [5.41, 5.74) is 0.623. The number of H-pyrrole nitrogens is 2. The molecule has 0 radical (unpaired) electrons. The van der Waals surface area contributed by atoms with Gasteiger partial charge in [0.05, 0.1) is 41.0 Å². The van der Waals surface area contributed by atoms with E-state index in [1.165, 1.54) is 20.1 Å². The van der Waals surface area contributed by atoms with Gasteiger partial charge in [0.15, 0.2) is 6.29 Å². The van der Waals surface area contributed by atoms with Crippen molar-refractivity contribution in [1.29, 1.82) is 0 Å². The molecule has 12 nitrogen and oxygen atoms in total. The number of aromatic nitrogens is 4. The number of esters is 3. The molecule has 0 aromatic carbocycles. The first-order valence-corrected chi connectivity index (χ1v) is 14.8. The first-order chi connectivity index (χ1) is 21.3. The van der Waals surface area contributed by atoms with Crippen LogP contribution in [-0.2, 0) is 30.3 Å². The summed E-state index contributed by atoms with van der Waals surface area (Å²) in [5.74, 6) is -2.72. The summed E-state index contributed by atoms with van der Waals surface area (Å²) in [6, 6.07) is 4.82. The first-order valence-electron chi connectivity index (χ1n) is 14.8. The third-order valence-electron chi connectivity index (χ3n) is 9.78. The van der Waals surface area contributed by atoms with Crippen LogP contribution in [0, 0.1) is 6.92 Å². The number of methoxy groups -OCH3 is 1. The molecule has 2 aromatic heterocycles. The van der Waals surface area contributed by atoms with Crippen molar-refractivity contribution in [1.82, 2.24) is 19.9 Å². The van der Waals surface area contributed by atoms with E-state index < -0.39 is 29.1 Å². The monoisotopic (exact) mass is 614 g/mol. The number of hydrogen-bond acceptors (Lipinski definition) is 10. The Balaban J connectivity index is 1.79. The van der Waals surface area contributed by atoms with Crippen LogP contribution in [0.15, 0.2) is 18.2 Å². The molecule has 4 aliphatic heterocycles. The van der Waals surface area contributed by atoms with Crippen molar-refractivity contribution >= 4 is 46.4 Å². The zero-order valence-corrected chi connectivity index (χ0v) is 25.8. The zero-order valence-electron chi connectivity index (χ0n) is 25.8. The third kappa shape index (κ3) is 4.34. The molecule has 0 amide bonds. The van der Waals surface area contributed by atoms with Gasteiger partial charge in [0.25, 0.3) is 0 Å². The maximum absolute atomic E-state index is 13.5. The van der Waals surface area contributed by atoms with Crippen LogP contribution in [0.2, 0.25) is 0 Å². The Morgan fingerprint density at radius 3 is 2.44 bits per heavy atom. The van der Waals surface area contributed by atoms with Gasteiger partial charge in [-0.15, -0.1) is 0 Å². The predicted molar refractivity (Wildman–Crippen MR) is 162 cm³/mol. The molecule has 4 aliphatic rings. The van der Waals surface area contributed by atoms with E-state index in [-0.39, 0.29) is 58.4 Å². The topological polar surface area (TPSA) is 185 Å². The number of carbonyl (C=O) groups is 4. The number of ether oxygens (including phenoxy) is 2. The van der Waals surface area contributed by atoms with E-state index in [9.17, 15) is 29.4 Å². The highest BCUT2D eigenvalue weighted by Crippen LogP contribution is 2.47. The largest absolute Gasteiger partial charge is 0.469 e. The number of allylic oxidation sites excluding steroid dienone is 2. The van der Waals surface area contributed by atoms with Gasteiger partial charge in [0.2, 0.25) is 0 Å². The molecule has 45 heavy (non-hydrogen) atoms. The van der Waals surface area contributed by atoms with Gasteiger partial charge in [-0.2, -0.15) is 0 Å². The van der Waals surface area contributed by atoms with Crippen LogP contribution >= 0.6 is 0 Å². The number of aldehydes is 1. The van der Waals surface area contributed by atoms with Gasteiger partial charge in [-0.25, -0.2) is 14.6 Å². The van der Waals surface area contributed by atoms with E-state index in [4.69, 9.17) is 14.5 Å². The zero-order chi connectivity index (χ0) is 32.6. The number of cyclic esters (lactones) is 2. The number of aryl methyl sites for hydroxylation is 1. The van der Waals surface area contributed by atoms with Gasteiger partial charge in [0, 0.05) is 40.7 Å². The quantitative estimate of drug-likeness (QED) is 0.217. The summed E-state index contributed by atoms with van der Waals surface area (Å²) in [6.45, 7) is 8.54. The highest BCUT2D eigenvalue weighted by atomic mass is 16.6. The molecule has 2 aromatic rings. The molecule has 4 N–H and O–H groups in total. The molecule has 234 valence electrons. The number of nitrogens with one attached hydrogen (secondary N) is 2. The maximum atomic E-state index is 13.5. The molecule has 0 aliphatic carbocycles. The van der Waals surface area contributed by atoms with Crippen molar-refractivity contribution in [3.05, 3.63) is 69.1 Å². The first kappa shape index (κ1) is 30.4. The second kappa shape index (κ2) is 10.5. The van der Waals surface area contributed by atoms with Crippen LogP contribution in [-0.4, -0.2) is 61.5 Å². The molecule has 6 heterocycles. The van der Waals surface area contributed by atoms with E-state index in [1.807, 2.05) is 6.92 Å². The second-order valence-electron chi connectivity index (χ2n) is 12.1. The smallest absolute Gasteiger partial charge is 0.349 e. The van der Waals surface area contributed by atoms with Gasteiger partial charge >= 0.3 is 17.9 Å². The molecule has 4 atom stereocenters. The van der Waals surface area contributed by atoms with E-state index in [2.05, 4.69) is 15.0 Å². The van der Waals surface area contributed by atoms with Crippen molar-refractivity contribution in [3.63, 3.8) is 0 Å². The molecular weight excluding hydrogens is 580 g/mol. The fraction of sp³-hybridized carbons (Fsp3) is 0.394. The van der Waals surface area contributed by atoms with Crippen molar-refractivity contribution in [2.24, 2.45) is 0 Å². The lowest BCUT2D eigenvalue weighted by Gasteiger charge is -2.34. The number of hydrogen-bond donors (Lipinski definition) is 4. The molecule has 0 fully saturated rings. The van der Waals surface area contributed by atoms with Crippen LogP contribution in [0.4, 0.5) is 0 Å². The fourth-order valence-corrected chi connectivity index (χ4v) is 6.81. The van der Waals surface area contributed by atoms with Gasteiger partial charge in [-0.1, -0.05) is 13.8 Å². The van der Waals surface area contributed by atoms with E-state index >= 15 is 0 Å². The van der Waals surface area contributed by atoms with Crippen molar-refractivity contribution in [3.8, 4) is 0 Å². The standard InChI is InChI=1S/C33H34N4O8/c1-7-33(43)24-11-21-16(4)26-29(36-21)27(31(41)45-30(26)40)28-17(8-9-25(39)44-6)14(2)20(35-28)10-19-15(3)18(13-38)22(34-19)12-23(37-24)32(33,5)42/h10-14,17,35-36,42-43H,7-9H2,1-6H3/t14-,17-,32+,33-/m0/s1. The summed E-state index contributed by atoms with van der Waals surface area (Å²) in [5, 5.41) is 23.5. The van der Waals surface area contributed by atoms with Crippen molar-refractivity contribution in [2.75, 3.05) is 7.11 Å². The highest BCUT2D eigenvalue weighted by molar-refractivity contribution is 6.18. The average Bonchev–Trinajstić information content (AvgIpc) is 3.64. The minimum absolute atomic E-state index is 0.0802. The molecule has 0 saturated heterocycles. The van der Waals surface area contributed by atoms with Gasteiger partial charge in [-0.3, -0.25) is 14.6 Å². The lowest BCUT2D eigenvalue weighted by atomic mass is 9.80. The molecule has 0 spiro atoms. The van der Waals surface area contributed by atoms with Crippen LogP contribution in [0.3, 0.4) is 0 Å². The Hall–Kier alpha value is -4.68. The second-order valence-corrected chi connectivity index (χ2v) is 12.1. The summed E-state index contributed by atoms with van der Waals surface area (Å²) < 4.78 is 10.1. The van der Waals surface area contributed by atoms with Crippen LogP contribution in [0.1, 0.15) is 119 Å². The number of fused-ring (bicyclic) bond motifs is 8. The maximum Gasteiger partial charge on any atom is 0.349 e. The number of aliphatic hydroxyl groups is 2. The van der Waals surface area contributed by atoms with Crippen LogP contribution in [0.25, 0.3) is 22.2 Å². The van der Waals surface area contributed by atoms with Gasteiger partial charge in [0.1, 0.15) is 16.8 Å². The Morgan fingerprint density at radius 1 is 1.07 bits per heavy atom. The summed E-state index contributed by atoms with van der Waals surface area (Å²) in [6.07, 6.45) is 1.18. The molecule has 0 saturated carbocycles. The van der Waals surface area contributed by atoms with Gasteiger partial charge in [-0.05, 0) is 62.9 Å². The Morgan fingerprint density at radius 2 is 1.78 bits per heavy atom. The minimum atomic E-state index is -1.86. The lowest BCUT2D eigenvalue weighted by Crippen LogP contribution is -2.43. The SMILES string of the molecule is CC[C@]1(O)c2cc3[nH]c4c(c5[nH]c(cc6nc(cc(n2)[C@@]1(C)O)C(C=O)=C6C)[C@@H](C)[C@@H]5CCC(=O)OC)C(=O)OC(=O)c4c3C. The van der Waals surface area contributed by atoms with E-state index in [0.29, 0.717) is 52.0 Å². The Bertz CT molecular complexity index is 1930. The fourth-order valence-electron chi connectivity index (χ4n) is 6.81. The number of rotatable bonds is 5. The summed E-state index contributed by atoms with van der Waals surface area (Å²) in [7, 11) is 1.31. The average molecular weight is 615 g/mol. The van der Waals surface area contributed by atoms with Gasteiger partial charge < -0.3 is 29.7 Å². The molecule has 8 bridgehead atoms. The van der Waals surface area contributed by atoms with Crippen molar-refractivity contribution < 1.29 is 38.9 Å². The van der Waals surface area contributed by atoms with Crippen LogP contribution < -0.4 is 0 Å². The third-order valence-corrected chi connectivity index (χ3v) is 9.78. The van der Waals surface area contributed by atoms with E-state index in [0.717, 1.165) is 0 Å². The summed E-state index contributed by atoms with van der Waals surface area (Å²) >= 11 is 0. The minimum Gasteiger partial charge on any atom is -0.469 e. The lowest BCUT2D eigenvalue weighted by molar-refractivity contribution is -0.149. The molecule has 12 heteroatoms. The van der Waals surface area contributed by atoms with Crippen LogP contribution in [0.5, 0.6) is 0 Å². The molecular formula is C33H34N4O8. The number of nitrogens with zero attached hydrogens (tertiary/aromatic N) is 2. The van der Waals surface area contributed by atoms with E-state index in [1.54, 1.807) is 32.9 Å². The Labute approximate surface area is 258 Å². The molecule has 0 unspecified atom stereocenters.